The second-order valence-corrected chi connectivity index (χ2v) is 2.10. The van der Waals surface area contributed by atoms with E-state index in [0.29, 0.717) is 0 Å². The van der Waals surface area contributed by atoms with Gasteiger partial charge in [-0.2, -0.15) is 0 Å². The van der Waals surface area contributed by atoms with Crippen LogP contribution >= 0.6 is 0 Å². The SMILES string of the molecule is CC(C)[O-].CC(C)[O-].[O]=[V+2]. The molecule has 0 aliphatic heterocycles. The third-order valence-electron chi connectivity index (χ3n) is 0. The van der Waals surface area contributed by atoms with Gasteiger partial charge in [0, 0.05) is 0 Å². The third-order valence-corrected chi connectivity index (χ3v) is 0. The Morgan fingerprint density at radius 2 is 0.900 bits per heavy atom. The molecule has 0 bridgehead atoms. The van der Waals surface area contributed by atoms with Gasteiger partial charge >= 0.3 is 21.0 Å². The molecule has 0 aromatic heterocycles. The third kappa shape index (κ3) is 4780. The summed E-state index contributed by atoms with van der Waals surface area (Å²) < 4.78 is 8.19. The molecule has 0 rings (SSSR count). The first-order valence-electron chi connectivity index (χ1n) is 2.96. The average molecular weight is 185 g/mol. The molecule has 0 spiro atoms. The Labute approximate surface area is 71.7 Å². The van der Waals surface area contributed by atoms with Crippen LogP contribution in [0.1, 0.15) is 27.7 Å². The van der Waals surface area contributed by atoms with Gasteiger partial charge in [-0.1, -0.05) is 27.7 Å². The fourth-order valence-corrected chi connectivity index (χ4v) is 0. The Kier molecular flexibility index (Phi) is 27.0. The van der Waals surface area contributed by atoms with E-state index in [0.717, 1.165) is 17.4 Å². The number of rotatable bonds is 0. The van der Waals surface area contributed by atoms with Gasteiger partial charge in [0.15, 0.2) is 0 Å². The molecule has 0 aromatic rings. The van der Waals surface area contributed by atoms with Gasteiger partial charge in [-0.3, -0.25) is 0 Å². The average Bonchev–Trinajstić information content (AvgIpc) is 1.66. The van der Waals surface area contributed by atoms with E-state index in [9.17, 15) is 10.2 Å². The first-order valence-corrected chi connectivity index (χ1v) is 3.53. The van der Waals surface area contributed by atoms with E-state index >= 15 is 0 Å². The first-order chi connectivity index (χ1) is 4.46. The molecule has 0 aliphatic rings. The summed E-state index contributed by atoms with van der Waals surface area (Å²) in [6.07, 6.45) is -0.833. The van der Waals surface area contributed by atoms with Gasteiger partial charge < -0.3 is 10.2 Å². The van der Waals surface area contributed by atoms with Crippen LogP contribution in [-0.4, -0.2) is 12.2 Å². The molecule has 0 radical (unpaired) electrons. The Morgan fingerprint density at radius 3 is 0.900 bits per heavy atom. The standard InChI is InChI=1S/2C3H7O.O.V/c2*1-3(2)4;;/h2*3H,1-2H3;;/q2*-1;;+2. The monoisotopic (exact) mass is 185 g/mol. The van der Waals surface area contributed by atoms with E-state index in [4.69, 9.17) is 3.67 Å². The van der Waals surface area contributed by atoms with Gasteiger partial charge in [0.1, 0.15) is 0 Å². The van der Waals surface area contributed by atoms with Crippen molar-refractivity contribution in [3.05, 3.63) is 0 Å². The summed E-state index contributed by atoms with van der Waals surface area (Å²) in [5, 5.41) is 19.1. The maximum absolute atomic E-state index is 9.53. The van der Waals surface area contributed by atoms with Crippen LogP contribution in [0.25, 0.3) is 0 Å². The van der Waals surface area contributed by atoms with Crippen LogP contribution in [0.2, 0.25) is 0 Å². The van der Waals surface area contributed by atoms with E-state index in [1.165, 1.54) is 0 Å². The van der Waals surface area contributed by atoms with Gasteiger partial charge in [-0.05, 0) is 0 Å². The van der Waals surface area contributed by atoms with Crippen LogP contribution < -0.4 is 10.2 Å². The fourth-order valence-electron chi connectivity index (χ4n) is 0. The fraction of sp³-hybridized carbons (Fsp3) is 1.00. The minimum absolute atomic E-state index is 0.417. The molecule has 0 N–H and O–H groups in total. The van der Waals surface area contributed by atoms with E-state index < -0.39 is 12.2 Å². The van der Waals surface area contributed by atoms with Crippen LogP contribution in [0.3, 0.4) is 0 Å². The van der Waals surface area contributed by atoms with Crippen molar-refractivity contribution in [2.75, 3.05) is 0 Å². The quantitative estimate of drug-likeness (QED) is 0.505. The van der Waals surface area contributed by atoms with E-state index in [1.54, 1.807) is 27.7 Å². The second kappa shape index (κ2) is 16.1. The van der Waals surface area contributed by atoms with E-state index in [1.807, 2.05) is 0 Å². The second-order valence-electron chi connectivity index (χ2n) is 2.10. The molecule has 0 unspecified atom stereocenters. The molecule has 10 heavy (non-hydrogen) atoms. The molecule has 0 saturated carbocycles. The van der Waals surface area contributed by atoms with Crippen molar-refractivity contribution in [3.63, 3.8) is 0 Å². The summed E-state index contributed by atoms with van der Waals surface area (Å²) in [5.41, 5.74) is 0. The molecule has 0 heterocycles. The summed E-state index contributed by atoms with van der Waals surface area (Å²) in [6.45, 7) is 6.44. The zero-order valence-corrected chi connectivity index (χ0v) is 8.22. The van der Waals surface area contributed by atoms with Crippen molar-refractivity contribution in [1.29, 1.82) is 0 Å². The van der Waals surface area contributed by atoms with Crippen molar-refractivity contribution in [2.24, 2.45) is 0 Å². The van der Waals surface area contributed by atoms with Crippen molar-refractivity contribution >= 4 is 0 Å². The van der Waals surface area contributed by atoms with Crippen molar-refractivity contribution < 1.29 is 31.3 Å². The van der Waals surface area contributed by atoms with Gasteiger partial charge in [0.25, 0.3) is 0 Å². The normalized spacial score (nSPS) is 7.80. The summed E-state index contributed by atoms with van der Waals surface area (Å²) in [6, 6.07) is 0. The predicted octanol–water partition coefficient (Wildman–Crippen LogP) is -0.611. The topological polar surface area (TPSA) is 63.2 Å². The molecule has 0 atom stereocenters. The van der Waals surface area contributed by atoms with E-state index in [-0.39, 0.29) is 0 Å². The molecule has 61 valence electrons. The summed E-state index contributed by atoms with van der Waals surface area (Å²) in [7, 11) is 0. The van der Waals surface area contributed by atoms with E-state index in [2.05, 4.69) is 0 Å². The molecular weight excluding hydrogens is 171 g/mol. The Hall–Kier alpha value is 0.304. The molecule has 3 nitrogen and oxygen atoms in total. The van der Waals surface area contributed by atoms with Crippen molar-refractivity contribution in [1.82, 2.24) is 0 Å². The Bertz CT molecular complexity index is 36.7. The molecular formula is C6H14O3V. The summed E-state index contributed by atoms with van der Waals surface area (Å²) >= 11 is 1.06. The number of hydrogen-bond donors (Lipinski definition) is 0. The van der Waals surface area contributed by atoms with Gasteiger partial charge in [-0.25, -0.2) is 0 Å². The van der Waals surface area contributed by atoms with Crippen molar-refractivity contribution in [2.45, 2.75) is 39.9 Å². The Morgan fingerprint density at radius 1 is 0.900 bits per heavy atom. The maximum atomic E-state index is 9.53. The zero-order chi connectivity index (χ0) is 9.15. The van der Waals surface area contributed by atoms with Crippen LogP contribution in [-0.2, 0) is 21.0 Å². The molecule has 0 fully saturated rings. The van der Waals surface area contributed by atoms with Crippen LogP contribution in [0, 0.1) is 0 Å². The molecule has 0 saturated heterocycles. The minimum atomic E-state index is -0.417. The summed E-state index contributed by atoms with van der Waals surface area (Å²) in [4.78, 5) is 0. The summed E-state index contributed by atoms with van der Waals surface area (Å²) in [5.74, 6) is 0. The molecule has 0 amide bonds. The Balaban J connectivity index is -0.0000000787. The predicted molar refractivity (Wildman–Crippen MR) is 31.0 cm³/mol. The van der Waals surface area contributed by atoms with Gasteiger partial charge in [0.05, 0.1) is 0 Å². The van der Waals surface area contributed by atoms with Crippen LogP contribution in [0.5, 0.6) is 0 Å². The molecule has 4 heteroatoms. The van der Waals surface area contributed by atoms with Crippen LogP contribution in [0.15, 0.2) is 0 Å². The van der Waals surface area contributed by atoms with Gasteiger partial charge in [-0.15, -0.1) is 12.2 Å². The number of hydrogen-bond acceptors (Lipinski definition) is 3. The van der Waals surface area contributed by atoms with Gasteiger partial charge in [0.2, 0.25) is 0 Å². The zero-order valence-electron chi connectivity index (χ0n) is 6.83. The molecule has 0 aromatic carbocycles. The van der Waals surface area contributed by atoms with Crippen molar-refractivity contribution in [3.8, 4) is 0 Å². The molecule has 0 aliphatic carbocycles. The first kappa shape index (κ1) is 16.7. The van der Waals surface area contributed by atoms with Crippen LogP contribution in [0.4, 0.5) is 0 Å².